The minimum absolute atomic E-state index is 0.357. The quantitative estimate of drug-likeness (QED) is 0.846. The molecule has 1 heterocycles. The highest BCUT2D eigenvalue weighted by Gasteiger charge is 2.20. The number of rotatable bonds is 2. The highest BCUT2D eigenvalue weighted by molar-refractivity contribution is 5.48. The first-order valence-electron chi connectivity index (χ1n) is 6.93. The van der Waals surface area contributed by atoms with Crippen molar-refractivity contribution in [2.75, 3.05) is 18.0 Å². The van der Waals surface area contributed by atoms with Crippen LogP contribution in [0.25, 0.3) is 0 Å². The Morgan fingerprint density at radius 1 is 1.00 bits per heavy atom. The van der Waals surface area contributed by atoms with Gasteiger partial charge in [-0.1, -0.05) is 18.6 Å². The Morgan fingerprint density at radius 3 is 2.35 bits per heavy atom. The monoisotopic (exact) mass is 230 g/mol. The summed E-state index contributed by atoms with van der Waals surface area (Å²) in [4.78, 5) is 2.43. The van der Waals surface area contributed by atoms with Gasteiger partial charge in [-0.3, -0.25) is 0 Å². The molecule has 2 nitrogen and oxygen atoms in total. The van der Waals surface area contributed by atoms with Gasteiger partial charge in [0.2, 0.25) is 0 Å². The van der Waals surface area contributed by atoms with E-state index in [4.69, 9.17) is 5.73 Å². The first-order chi connectivity index (χ1) is 8.33. The maximum atomic E-state index is 6.03. The van der Waals surface area contributed by atoms with Gasteiger partial charge < -0.3 is 10.6 Å². The first kappa shape index (κ1) is 11.1. The molecule has 1 aliphatic heterocycles. The van der Waals surface area contributed by atoms with E-state index in [2.05, 4.69) is 29.2 Å². The van der Waals surface area contributed by atoms with Crippen LogP contribution in [0.3, 0.4) is 0 Å². The summed E-state index contributed by atoms with van der Waals surface area (Å²) in [6.45, 7) is 2.18. The fourth-order valence-electron chi connectivity index (χ4n) is 2.94. The maximum absolute atomic E-state index is 6.03. The predicted molar refractivity (Wildman–Crippen MR) is 72.5 cm³/mol. The van der Waals surface area contributed by atoms with E-state index < -0.39 is 0 Å². The Balaban J connectivity index is 1.70. The molecule has 1 unspecified atom stereocenters. The van der Waals surface area contributed by atoms with E-state index >= 15 is 0 Å². The van der Waals surface area contributed by atoms with Gasteiger partial charge in [0.15, 0.2) is 0 Å². The lowest BCUT2D eigenvalue weighted by Crippen LogP contribution is -2.42. The van der Waals surface area contributed by atoms with E-state index in [0.29, 0.717) is 6.04 Å². The molecule has 0 amide bonds. The summed E-state index contributed by atoms with van der Waals surface area (Å²) >= 11 is 0. The van der Waals surface area contributed by atoms with E-state index in [1.54, 1.807) is 0 Å². The molecule has 1 atom stereocenters. The zero-order chi connectivity index (χ0) is 11.7. The van der Waals surface area contributed by atoms with Crippen molar-refractivity contribution in [2.24, 2.45) is 5.73 Å². The Labute approximate surface area is 104 Å². The molecule has 0 bridgehead atoms. The van der Waals surface area contributed by atoms with Gasteiger partial charge in [0.25, 0.3) is 0 Å². The molecule has 2 heteroatoms. The lowest BCUT2D eigenvalue weighted by atomic mass is 9.80. The van der Waals surface area contributed by atoms with E-state index in [1.165, 1.54) is 43.4 Å². The summed E-state index contributed by atoms with van der Waals surface area (Å²) in [6, 6.07) is 9.56. The number of hydrogen-bond acceptors (Lipinski definition) is 2. The summed E-state index contributed by atoms with van der Waals surface area (Å²) in [6.07, 6.45) is 6.58. The molecular formula is C15H22N2. The zero-order valence-corrected chi connectivity index (χ0v) is 10.4. The highest BCUT2D eigenvalue weighted by Crippen LogP contribution is 2.36. The van der Waals surface area contributed by atoms with Crippen molar-refractivity contribution in [3.63, 3.8) is 0 Å². The Kier molecular flexibility index (Phi) is 3.06. The largest absolute Gasteiger partial charge is 0.370 e. The van der Waals surface area contributed by atoms with Crippen LogP contribution in [-0.2, 0) is 0 Å². The van der Waals surface area contributed by atoms with Gasteiger partial charge in [-0.05, 0) is 49.3 Å². The van der Waals surface area contributed by atoms with Crippen molar-refractivity contribution in [1.82, 2.24) is 0 Å². The fraction of sp³-hybridized carbons (Fsp3) is 0.600. The van der Waals surface area contributed by atoms with Gasteiger partial charge in [-0.2, -0.15) is 0 Å². The molecule has 1 aliphatic carbocycles. The molecule has 1 saturated carbocycles. The molecule has 2 aliphatic rings. The number of benzene rings is 1. The maximum Gasteiger partial charge on any atom is 0.0366 e. The molecule has 3 rings (SSSR count). The summed E-state index contributed by atoms with van der Waals surface area (Å²) < 4.78 is 0. The number of nitrogens with zero attached hydrogens (tertiary/aromatic N) is 1. The average molecular weight is 230 g/mol. The highest BCUT2D eigenvalue weighted by atomic mass is 15.1. The molecule has 1 aromatic carbocycles. The fourth-order valence-corrected chi connectivity index (χ4v) is 2.94. The zero-order valence-electron chi connectivity index (χ0n) is 10.4. The average Bonchev–Trinajstić information content (AvgIpc) is 2.28. The van der Waals surface area contributed by atoms with Crippen LogP contribution in [0.4, 0.5) is 5.69 Å². The van der Waals surface area contributed by atoms with E-state index in [9.17, 15) is 0 Å². The van der Waals surface area contributed by atoms with Gasteiger partial charge in [0, 0.05) is 24.8 Å². The lowest BCUT2D eigenvalue weighted by molar-refractivity contribution is 0.419. The SMILES string of the molecule is NC1CCCN(c2ccc(C3CCC3)cc2)C1. The standard InChI is InChI=1S/C15H22N2/c16-14-5-2-10-17(11-14)15-8-6-13(7-9-15)12-3-1-4-12/h6-9,12,14H,1-5,10-11,16H2. The van der Waals surface area contributed by atoms with E-state index in [1.807, 2.05) is 0 Å². The Hall–Kier alpha value is -1.02. The number of hydrogen-bond donors (Lipinski definition) is 1. The topological polar surface area (TPSA) is 29.3 Å². The molecule has 1 aromatic rings. The van der Waals surface area contributed by atoms with Crippen molar-refractivity contribution < 1.29 is 0 Å². The van der Waals surface area contributed by atoms with Crippen molar-refractivity contribution >= 4 is 5.69 Å². The summed E-state index contributed by atoms with van der Waals surface area (Å²) in [5.74, 6) is 0.840. The molecule has 0 spiro atoms. The second-order valence-corrected chi connectivity index (χ2v) is 5.57. The predicted octanol–water partition coefficient (Wildman–Crippen LogP) is 2.88. The van der Waals surface area contributed by atoms with E-state index in [-0.39, 0.29) is 0 Å². The van der Waals surface area contributed by atoms with Gasteiger partial charge in [-0.15, -0.1) is 0 Å². The van der Waals surface area contributed by atoms with E-state index in [0.717, 1.165) is 19.0 Å². The third kappa shape index (κ3) is 2.32. The number of piperidine rings is 1. The van der Waals surface area contributed by atoms with Gasteiger partial charge in [0.1, 0.15) is 0 Å². The molecule has 0 radical (unpaired) electrons. The molecule has 2 fully saturated rings. The smallest absolute Gasteiger partial charge is 0.0366 e. The molecular weight excluding hydrogens is 208 g/mol. The van der Waals surface area contributed by atoms with Crippen LogP contribution >= 0.6 is 0 Å². The summed E-state index contributed by atoms with van der Waals surface area (Å²) in [5.41, 5.74) is 8.91. The summed E-state index contributed by atoms with van der Waals surface area (Å²) in [7, 11) is 0. The molecule has 17 heavy (non-hydrogen) atoms. The third-order valence-electron chi connectivity index (χ3n) is 4.29. The first-order valence-corrected chi connectivity index (χ1v) is 6.93. The second-order valence-electron chi connectivity index (χ2n) is 5.57. The number of anilines is 1. The molecule has 2 N–H and O–H groups in total. The summed E-state index contributed by atoms with van der Waals surface area (Å²) in [5, 5.41) is 0. The Bertz CT molecular complexity index is 367. The van der Waals surface area contributed by atoms with Gasteiger partial charge in [0.05, 0.1) is 0 Å². The van der Waals surface area contributed by atoms with Crippen LogP contribution in [0.5, 0.6) is 0 Å². The Morgan fingerprint density at radius 2 is 1.76 bits per heavy atom. The minimum atomic E-state index is 0.357. The van der Waals surface area contributed by atoms with Crippen molar-refractivity contribution in [3.8, 4) is 0 Å². The third-order valence-corrected chi connectivity index (χ3v) is 4.29. The van der Waals surface area contributed by atoms with Crippen molar-refractivity contribution in [3.05, 3.63) is 29.8 Å². The van der Waals surface area contributed by atoms with Crippen LogP contribution in [0.15, 0.2) is 24.3 Å². The van der Waals surface area contributed by atoms with Gasteiger partial charge in [-0.25, -0.2) is 0 Å². The second kappa shape index (κ2) is 4.69. The molecule has 1 saturated heterocycles. The molecule has 92 valence electrons. The number of nitrogens with two attached hydrogens (primary N) is 1. The van der Waals surface area contributed by atoms with Crippen LogP contribution in [0, 0.1) is 0 Å². The van der Waals surface area contributed by atoms with Crippen LogP contribution in [0.2, 0.25) is 0 Å². The van der Waals surface area contributed by atoms with Crippen molar-refractivity contribution in [1.29, 1.82) is 0 Å². The van der Waals surface area contributed by atoms with Crippen LogP contribution < -0.4 is 10.6 Å². The van der Waals surface area contributed by atoms with Gasteiger partial charge >= 0.3 is 0 Å². The van der Waals surface area contributed by atoms with Crippen LogP contribution in [0.1, 0.15) is 43.6 Å². The van der Waals surface area contributed by atoms with Crippen LogP contribution in [-0.4, -0.2) is 19.1 Å². The molecule has 0 aromatic heterocycles. The lowest BCUT2D eigenvalue weighted by Gasteiger charge is -2.33. The minimum Gasteiger partial charge on any atom is -0.370 e. The van der Waals surface area contributed by atoms with Crippen molar-refractivity contribution in [2.45, 2.75) is 44.1 Å². The normalized spacial score (nSPS) is 25.7.